The molecule has 148 valence electrons. The Morgan fingerprint density at radius 3 is 2.46 bits per heavy atom. The minimum absolute atomic E-state index is 0.0431. The molecular weight excluding hydrogens is 364 g/mol. The number of carbonyl (C=O) groups is 3. The highest BCUT2D eigenvalue weighted by atomic mass is 16.5. The molecule has 2 N–H and O–H groups in total. The van der Waals surface area contributed by atoms with Crippen molar-refractivity contribution in [1.82, 2.24) is 15.1 Å². The molecular formula is C19H22N4O5. The smallest absolute Gasteiger partial charge is 0.359 e. The summed E-state index contributed by atoms with van der Waals surface area (Å²) in [6.07, 6.45) is 1.64. The van der Waals surface area contributed by atoms with Crippen LogP contribution >= 0.6 is 0 Å². The Bertz CT molecular complexity index is 905. The van der Waals surface area contributed by atoms with Crippen LogP contribution in [0.4, 0.5) is 5.69 Å². The third-order valence-electron chi connectivity index (χ3n) is 3.79. The van der Waals surface area contributed by atoms with Crippen molar-refractivity contribution in [2.24, 2.45) is 0 Å². The fourth-order valence-electron chi connectivity index (χ4n) is 2.28. The summed E-state index contributed by atoms with van der Waals surface area (Å²) in [6, 6.07) is 8.76. The Hall–Kier alpha value is -3.49. The summed E-state index contributed by atoms with van der Waals surface area (Å²) in [5.41, 5.74) is 0.567. The summed E-state index contributed by atoms with van der Waals surface area (Å²) in [5, 5.41) is 9.02. The number of hydrogen-bond donors (Lipinski definition) is 2. The summed E-state index contributed by atoms with van der Waals surface area (Å²) < 4.78 is 6.15. The predicted molar refractivity (Wildman–Crippen MR) is 102 cm³/mol. The highest BCUT2D eigenvalue weighted by molar-refractivity contribution is 5.96. The van der Waals surface area contributed by atoms with Crippen LogP contribution in [0, 0.1) is 0 Å². The molecule has 1 heterocycles. The third-order valence-corrected chi connectivity index (χ3v) is 3.79. The molecule has 0 bridgehead atoms. The van der Waals surface area contributed by atoms with Crippen molar-refractivity contribution in [3.05, 3.63) is 58.0 Å². The van der Waals surface area contributed by atoms with E-state index in [2.05, 4.69) is 15.7 Å². The van der Waals surface area contributed by atoms with E-state index in [4.69, 9.17) is 4.74 Å². The molecule has 2 aromatic rings. The molecule has 0 spiro atoms. The minimum atomic E-state index is -0.796. The van der Waals surface area contributed by atoms with Crippen LogP contribution in [0.2, 0.25) is 0 Å². The molecule has 0 unspecified atom stereocenters. The molecule has 0 aliphatic heterocycles. The maximum atomic E-state index is 12.1. The van der Waals surface area contributed by atoms with Gasteiger partial charge in [0.1, 0.15) is 0 Å². The second kappa shape index (κ2) is 10.0. The minimum Gasteiger partial charge on any atom is -0.451 e. The van der Waals surface area contributed by atoms with E-state index in [0.717, 1.165) is 12.8 Å². The fraction of sp³-hybridized carbons (Fsp3) is 0.316. The van der Waals surface area contributed by atoms with Gasteiger partial charge in [0.25, 0.3) is 17.4 Å². The number of anilines is 1. The first-order chi connectivity index (χ1) is 13.4. The van der Waals surface area contributed by atoms with Gasteiger partial charge in [-0.15, -0.1) is 0 Å². The standard InChI is InChI=1S/C19H22N4O5/c1-3-4-11-23-17(25)10-9-15(22-23)19(27)28-12-16(24)21-14-7-5-13(6-8-14)18(26)20-2/h5-10H,3-4,11-12H2,1-2H3,(H,20,26)(H,21,24). The van der Waals surface area contributed by atoms with Gasteiger partial charge in [-0.2, -0.15) is 5.10 Å². The summed E-state index contributed by atoms with van der Waals surface area (Å²) >= 11 is 0. The van der Waals surface area contributed by atoms with E-state index in [1.165, 1.54) is 23.9 Å². The fourth-order valence-corrected chi connectivity index (χ4v) is 2.28. The molecule has 9 heteroatoms. The number of amides is 2. The lowest BCUT2D eigenvalue weighted by atomic mass is 10.2. The van der Waals surface area contributed by atoms with Gasteiger partial charge in [0, 0.05) is 30.9 Å². The Morgan fingerprint density at radius 1 is 1.11 bits per heavy atom. The van der Waals surface area contributed by atoms with Gasteiger partial charge in [-0.25, -0.2) is 9.48 Å². The van der Waals surface area contributed by atoms with Crippen molar-refractivity contribution in [3.8, 4) is 0 Å². The Balaban J connectivity index is 1.91. The SMILES string of the molecule is CCCCn1nc(C(=O)OCC(=O)Nc2ccc(C(=O)NC)cc2)ccc1=O. The topological polar surface area (TPSA) is 119 Å². The molecule has 0 saturated carbocycles. The number of benzene rings is 1. The van der Waals surface area contributed by atoms with Gasteiger partial charge in [0.2, 0.25) is 0 Å². The van der Waals surface area contributed by atoms with Crippen LogP contribution < -0.4 is 16.2 Å². The van der Waals surface area contributed by atoms with Gasteiger partial charge >= 0.3 is 5.97 Å². The number of aryl methyl sites for hydroxylation is 1. The van der Waals surface area contributed by atoms with E-state index in [0.29, 0.717) is 17.8 Å². The van der Waals surface area contributed by atoms with Crippen LogP contribution in [0.25, 0.3) is 0 Å². The summed E-state index contributed by atoms with van der Waals surface area (Å²) in [4.78, 5) is 47.2. The molecule has 2 rings (SSSR count). The van der Waals surface area contributed by atoms with Crippen molar-refractivity contribution in [2.45, 2.75) is 26.3 Å². The van der Waals surface area contributed by atoms with Crippen LogP contribution in [0.15, 0.2) is 41.2 Å². The average molecular weight is 386 g/mol. The monoisotopic (exact) mass is 386 g/mol. The van der Waals surface area contributed by atoms with Crippen molar-refractivity contribution in [1.29, 1.82) is 0 Å². The summed E-state index contributed by atoms with van der Waals surface area (Å²) in [6.45, 7) is 1.88. The average Bonchev–Trinajstić information content (AvgIpc) is 2.71. The van der Waals surface area contributed by atoms with E-state index >= 15 is 0 Å². The van der Waals surface area contributed by atoms with Crippen molar-refractivity contribution in [3.63, 3.8) is 0 Å². The van der Waals surface area contributed by atoms with Gasteiger partial charge in [-0.1, -0.05) is 13.3 Å². The van der Waals surface area contributed by atoms with Crippen molar-refractivity contribution >= 4 is 23.5 Å². The number of carbonyl (C=O) groups excluding carboxylic acids is 3. The molecule has 28 heavy (non-hydrogen) atoms. The van der Waals surface area contributed by atoms with Crippen molar-refractivity contribution < 1.29 is 19.1 Å². The van der Waals surface area contributed by atoms with Crippen LogP contribution in [0.1, 0.15) is 40.6 Å². The second-order valence-corrected chi connectivity index (χ2v) is 5.91. The molecule has 0 fully saturated rings. The normalized spacial score (nSPS) is 10.2. The van der Waals surface area contributed by atoms with E-state index in [1.54, 1.807) is 24.3 Å². The first kappa shape index (κ1) is 20.8. The zero-order chi connectivity index (χ0) is 20.5. The van der Waals surface area contributed by atoms with E-state index in [-0.39, 0.29) is 17.2 Å². The maximum Gasteiger partial charge on any atom is 0.359 e. The number of esters is 1. The Morgan fingerprint density at radius 2 is 1.82 bits per heavy atom. The van der Waals surface area contributed by atoms with Gasteiger partial charge in [-0.3, -0.25) is 14.4 Å². The number of aromatic nitrogens is 2. The number of nitrogens with zero attached hydrogens (tertiary/aromatic N) is 2. The zero-order valence-electron chi connectivity index (χ0n) is 15.7. The number of rotatable bonds is 8. The molecule has 0 atom stereocenters. The first-order valence-electron chi connectivity index (χ1n) is 8.82. The highest BCUT2D eigenvalue weighted by Crippen LogP contribution is 2.09. The number of ether oxygens (including phenoxy) is 1. The van der Waals surface area contributed by atoms with Crippen LogP contribution in [-0.4, -0.2) is 41.2 Å². The quantitative estimate of drug-likeness (QED) is 0.658. The van der Waals surface area contributed by atoms with Gasteiger partial charge in [0.15, 0.2) is 12.3 Å². The zero-order valence-corrected chi connectivity index (χ0v) is 15.7. The molecule has 0 aliphatic carbocycles. The maximum absolute atomic E-state index is 12.1. The van der Waals surface area contributed by atoms with Crippen LogP contribution in [-0.2, 0) is 16.1 Å². The molecule has 0 radical (unpaired) electrons. The highest BCUT2D eigenvalue weighted by Gasteiger charge is 2.13. The van der Waals surface area contributed by atoms with E-state index in [9.17, 15) is 19.2 Å². The van der Waals surface area contributed by atoms with E-state index < -0.39 is 18.5 Å². The molecule has 1 aromatic carbocycles. The summed E-state index contributed by atoms with van der Waals surface area (Å²) in [5.74, 6) is -1.57. The van der Waals surface area contributed by atoms with Gasteiger partial charge in [-0.05, 0) is 36.8 Å². The molecule has 9 nitrogen and oxygen atoms in total. The predicted octanol–water partition coefficient (Wildman–Crippen LogP) is 1.20. The summed E-state index contributed by atoms with van der Waals surface area (Å²) in [7, 11) is 1.52. The van der Waals surface area contributed by atoms with E-state index in [1.807, 2.05) is 6.92 Å². The molecule has 1 aromatic heterocycles. The number of nitrogens with one attached hydrogen (secondary N) is 2. The third kappa shape index (κ3) is 5.76. The first-order valence-corrected chi connectivity index (χ1v) is 8.82. The van der Waals surface area contributed by atoms with Gasteiger partial charge in [0.05, 0.1) is 0 Å². The number of hydrogen-bond acceptors (Lipinski definition) is 6. The largest absolute Gasteiger partial charge is 0.451 e. The lowest BCUT2D eigenvalue weighted by Crippen LogP contribution is -2.26. The van der Waals surface area contributed by atoms with Crippen LogP contribution in [0.5, 0.6) is 0 Å². The Labute approximate surface area is 161 Å². The number of unbranched alkanes of at least 4 members (excludes halogenated alkanes) is 1. The Kier molecular flexibility index (Phi) is 7.44. The second-order valence-electron chi connectivity index (χ2n) is 5.91. The van der Waals surface area contributed by atoms with Crippen LogP contribution in [0.3, 0.4) is 0 Å². The van der Waals surface area contributed by atoms with Crippen molar-refractivity contribution in [2.75, 3.05) is 19.0 Å². The molecule has 0 saturated heterocycles. The lowest BCUT2D eigenvalue weighted by Gasteiger charge is -2.08. The lowest BCUT2D eigenvalue weighted by molar-refractivity contribution is -0.119. The molecule has 0 aliphatic rings. The van der Waals surface area contributed by atoms with Gasteiger partial charge < -0.3 is 15.4 Å². The molecule has 2 amide bonds.